The minimum absolute atomic E-state index is 0.316. The highest BCUT2D eigenvalue weighted by Crippen LogP contribution is 2.26. The Morgan fingerprint density at radius 3 is 2.54 bits per heavy atom. The Kier molecular flexibility index (Phi) is 8.28. The molecule has 2 rings (SSSR count). The molecular formula is C19H27NO5S. The highest BCUT2D eigenvalue weighted by molar-refractivity contribution is 7.80. The van der Waals surface area contributed by atoms with Gasteiger partial charge < -0.3 is 23.8 Å². The van der Waals surface area contributed by atoms with E-state index in [1.807, 2.05) is 49.1 Å². The van der Waals surface area contributed by atoms with Crippen LogP contribution in [-0.4, -0.2) is 54.2 Å². The summed E-state index contributed by atoms with van der Waals surface area (Å²) in [6, 6.07) is 9.90. The molecule has 26 heavy (non-hydrogen) atoms. The number of rotatable bonds is 8. The summed E-state index contributed by atoms with van der Waals surface area (Å²) in [6.07, 6.45) is -0.873. The van der Waals surface area contributed by atoms with Crippen LogP contribution in [0, 0.1) is 0 Å². The van der Waals surface area contributed by atoms with Crippen molar-refractivity contribution in [2.45, 2.75) is 52.3 Å². The smallest absolute Gasteiger partial charge is 0.304 e. The maximum Gasteiger partial charge on any atom is 0.304 e. The molecule has 1 saturated heterocycles. The zero-order valence-electron chi connectivity index (χ0n) is 15.6. The summed E-state index contributed by atoms with van der Waals surface area (Å²) in [4.78, 5) is 13.2. The molecule has 1 aliphatic rings. The number of carbonyl (C=O) groups is 1. The Labute approximate surface area is 160 Å². The summed E-state index contributed by atoms with van der Waals surface area (Å²) in [5.74, 6) is -0.383. The van der Waals surface area contributed by atoms with Crippen LogP contribution in [0.25, 0.3) is 0 Å². The molecule has 0 aliphatic carbocycles. The second-order valence-electron chi connectivity index (χ2n) is 6.04. The van der Waals surface area contributed by atoms with Gasteiger partial charge in [-0.05, 0) is 31.6 Å². The molecule has 0 saturated carbocycles. The fraction of sp³-hybridized carbons (Fsp3) is 0.579. The second kappa shape index (κ2) is 10.4. The maximum atomic E-state index is 11.2. The van der Waals surface area contributed by atoms with Crippen LogP contribution in [0.1, 0.15) is 32.8 Å². The van der Waals surface area contributed by atoms with E-state index in [9.17, 15) is 4.79 Å². The summed E-state index contributed by atoms with van der Waals surface area (Å²) in [5, 5.41) is 0.431. The normalized spacial score (nSPS) is 22.0. The summed E-state index contributed by atoms with van der Waals surface area (Å²) in [7, 11) is 0. The molecule has 1 aromatic carbocycles. The Hall–Kier alpha value is -1.70. The minimum atomic E-state index is -0.637. The molecule has 6 nitrogen and oxygen atoms in total. The number of esters is 1. The molecule has 0 N–H and O–H groups in total. The summed E-state index contributed by atoms with van der Waals surface area (Å²) in [5.41, 5.74) is 1.08. The van der Waals surface area contributed by atoms with Gasteiger partial charge in [0.05, 0.1) is 13.2 Å². The van der Waals surface area contributed by atoms with Crippen molar-refractivity contribution in [3.05, 3.63) is 35.9 Å². The van der Waals surface area contributed by atoms with Crippen molar-refractivity contribution >= 4 is 23.4 Å². The Balaban J connectivity index is 1.92. The number of hydrogen-bond donors (Lipinski definition) is 0. The Morgan fingerprint density at radius 2 is 1.92 bits per heavy atom. The molecule has 0 bridgehead atoms. The van der Waals surface area contributed by atoms with Crippen molar-refractivity contribution in [2.75, 3.05) is 19.7 Å². The zero-order valence-corrected chi connectivity index (χ0v) is 16.4. The molecule has 0 unspecified atom stereocenters. The first-order valence-electron chi connectivity index (χ1n) is 8.93. The van der Waals surface area contributed by atoms with Gasteiger partial charge in [-0.25, -0.2) is 0 Å². The van der Waals surface area contributed by atoms with Crippen LogP contribution in [0.3, 0.4) is 0 Å². The molecule has 3 atom stereocenters. The quantitative estimate of drug-likeness (QED) is 0.507. The second-order valence-corrected chi connectivity index (χ2v) is 6.39. The standard InChI is InChI=1S/C19H27NO5S/c1-4-20(5-2)19(26)25-16-11-18(23-14(3)21)24-17(16)13-22-12-15-9-7-6-8-10-15/h6-10,16-18H,4-5,11-13H2,1-3H3/t16-,17+,18-/m0/s1. The van der Waals surface area contributed by atoms with Gasteiger partial charge in [0, 0.05) is 26.4 Å². The molecule has 1 heterocycles. The first-order valence-corrected chi connectivity index (χ1v) is 9.34. The van der Waals surface area contributed by atoms with E-state index in [1.54, 1.807) is 0 Å². The molecule has 1 aliphatic heterocycles. The molecule has 7 heteroatoms. The van der Waals surface area contributed by atoms with Gasteiger partial charge >= 0.3 is 5.97 Å². The van der Waals surface area contributed by atoms with Crippen LogP contribution < -0.4 is 0 Å². The lowest BCUT2D eigenvalue weighted by Crippen LogP contribution is -2.37. The molecule has 0 spiro atoms. The average Bonchev–Trinajstić information content (AvgIpc) is 2.97. The lowest BCUT2D eigenvalue weighted by atomic mass is 10.2. The lowest BCUT2D eigenvalue weighted by Gasteiger charge is -2.26. The molecule has 144 valence electrons. The highest BCUT2D eigenvalue weighted by atomic mass is 32.1. The Morgan fingerprint density at radius 1 is 1.23 bits per heavy atom. The summed E-state index contributed by atoms with van der Waals surface area (Å²) in [6.45, 7) is 7.75. The number of carbonyl (C=O) groups excluding carboxylic acids is 1. The SMILES string of the molecule is CCN(CC)C(=S)O[C@H]1C[C@@H](OC(C)=O)O[C@@H]1COCc1ccccc1. The fourth-order valence-electron chi connectivity index (χ4n) is 2.76. The van der Waals surface area contributed by atoms with Gasteiger partial charge in [-0.15, -0.1) is 0 Å². The van der Waals surface area contributed by atoms with E-state index in [2.05, 4.69) is 0 Å². The third-order valence-electron chi connectivity index (χ3n) is 4.13. The molecular weight excluding hydrogens is 354 g/mol. The number of ether oxygens (including phenoxy) is 4. The van der Waals surface area contributed by atoms with Crippen molar-refractivity contribution < 1.29 is 23.7 Å². The highest BCUT2D eigenvalue weighted by Gasteiger charge is 2.39. The monoisotopic (exact) mass is 381 g/mol. The van der Waals surface area contributed by atoms with Crippen molar-refractivity contribution in [3.63, 3.8) is 0 Å². The van der Waals surface area contributed by atoms with Crippen molar-refractivity contribution in [3.8, 4) is 0 Å². The van der Waals surface area contributed by atoms with Crippen molar-refractivity contribution in [1.29, 1.82) is 0 Å². The first kappa shape index (κ1) is 20.6. The predicted molar refractivity (Wildman–Crippen MR) is 102 cm³/mol. The van der Waals surface area contributed by atoms with E-state index in [4.69, 9.17) is 31.2 Å². The lowest BCUT2D eigenvalue weighted by molar-refractivity contribution is -0.176. The summed E-state index contributed by atoms with van der Waals surface area (Å²) < 4.78 is 22.7. The van der Waals surface area contributed by atoms with Crippen LogP contribution >= 0.6 is 12.2 Å². The van der Waals surface area contributed by atoms with Gasteiger partial charge in [-0.1, -0.05) is 30.3 Å². The third-order valence-corrected chi connectivity index (χ3v) is 4.49. The van der Waals surface area contributed by atoms with Gasteiger partial charge in [0.1, 0.15) is 12.2 Å². The van der Waals surface area contributed by atoms with Crippen LogP contribution in [0.15, 0.2) is 30.3 Å². The predicted octanol–water partition coefficient (Wildman–Crippen LogP) is 2.89. The van der Waals surface area contributed by atoms with Crippen molar-refractivity contribution in [1.82, 2.24) is 4.90 Å². The van der Waals surface area contributed by atoms with E-state index in [0.717, 1.165) is 18.7 Å². The molecule has 0 aromatic heterocycles. The fourth-order valence-corrected chi connectivity index (χ4v) is 3.15. The van der Waals surface area contributed by atoms with Gasteiger partial charge in [-0.3, -0.25) is 4.79 Å². The minimum Gasteiger partial charge on any atom is -0.464 e. The van der Waals surface area contributed by atoms with Gasteiger partial charge in [0.25, 0.3) is 5.17 Å². The van der Waals surface area contributed by atoms with Gasteiger partial charge in [0.15, 0.2) is 0 Å². The van der Waals surface area contributed by atoms with Crippen LogP contribution in [-0.2, 0) is 30.3 Å². The topological polar surface area (TPSA) is 57.2 Å². The Bertz CT molecular complexity index is 579. The van der Waals surface area contributed by atoms with Crippen LogP contribution in [0.5, 0.6) is 0 Å². The molecule has 0 amide bonds. The largest absolute Gasteiger partial charge is 0.464 e. The molecule has 0 radical (unpaired) electrons. The third kappa shape index (κ3) is 6.23. The van der Waals surface area contributed by atoms with E-state index < -0.39 is 6.29 Å². The number of hydrogen-bond acceptors (Lipinski definition) is 6. The van der Waals surface area contributed by atoms with Crippen LogP contribution in [0.2, 0.25) is 0 Å². The van der Waals surface area contributed by atoms with E-state index in [0.29, 0.717) is 24.8 Å². The molecule has 1 fully saturated rings. The summed E-state index contributed by atoms with van der Waals surface area (Å²) >= 11 is 5.38. The average molecular weight is 381 g/mol. The number of benzene rings is 1. The molecule has 1 aromatic rings. The van der Waals surface area contributed by atoms with E-state index in [-0.39, 0.29) is 18.2 Å². The maximum absolute atomic E-state index is 11.2. The van der Waals surface area contributed by atoms with Crippen molar-refractivity contribution in [2.24, 2.45) is 0 Å². The number of thiocarbonyl (C=S) groups is 1. The van der Waals surface area contributed by atoms with E-state index >= 15 is 0 Å². The first-order chi connectivity index (χ1) is 12.5. The zero-order chi connectivity index (χ0) is 18.9. The van der Waals surface area contributed by atoms with Gasteiger partial charge in [0.2, 0.25) is 6.29 Å². The van der Waals surface area contributed by atoms with E-state index in [1.165, 1.54) is 6.92 Å². The van der Waals surface area contributed by atoms with Crippen LogP contribution in [0.4, 0.5) is 0 Å². The number of nitrogens with zero attached hydrogens (tertiary/aromatic N) is 1. The van der Waals surface area contributed by atoms with Gasteiger partial charge in [-0.2, -0.15) is 0 Å².